The minimum atomic E-state index is -0.292. The number of carbonyl (C=O) groups is 1. The van der Waals surface area contributed by atoms with Crippen LogP contribution in [0.2, 0.25) is 0 Å². The Kier molecular flexibility index (Phi) is 1.58. The summed E-state index contributed by atoms with van der Waals surface area (Å²) in [6, 6.07) is 0.167. The predicted molar refractivity (Wildman–Crippen MR) is 37.7 cm³/mol. The summed E-state index contributed by atoms with van der Waals surface area (Å²) >= 11 is 0. The molecule has 1 rings (SSSR count). The molecule has 1 aliphatic heterocycles. The summed E-state index contributed by atoms with van der Waals surface area (Å²) in [5.74, 6) is 0. The van der Waals surface area contributed by atoms with Crippen LogP contribution in [0, 0.1) is 5.41 Å². The first-order valence-electron chi connectivity index (χ1n) is 3.43. The van der Waals surface area contributed by atoms with Crippen LogP contribution in [0.4, 0.5) is 4.79 Å². The van der Waals surface area contributed by atoms with Gasteiger partial charge in [-0.2, -0.15) is 0 Å². The minimum Gasteiger partial charge on any atom is -0.447 e. The Morgan fingerprint density at radius 1 is 1.60 bits per heavy atom. The van der Waals surface area contributed by atoms with E-state index in [1.54, 1.807) is 0 Å². The Morgan fingerprint density at radius 3 is 2.40 bits per heavy atom. The molecule has 0 spiro atoms. The standard InChI is InChI=1S/C7H13NO2/c1-7(2,3)5-4-10-6(9)8-5/h5H,4H2,1-3H3,(H,8,9)/t5-/m1/s1. The van der Waals surface area contributed by atoms with E-state index in [1.165, 1.54) is 0 Å². The van der Waals surface area contributed by atoms with Crippen LogP contribution in [0.25, 0.3) is 0 Å². The molecule has 10 heavy (non-hydrogen) atoms. The molecule has 3 heteroatoms. The molecule has 1 heterocycles. The number of hydrogen-bond acceptors (Lipinski definition) is 2. The Labute approximate surface area is 60.7 Å². The van der Waals surface area contributed by atoms with Crippen molar-refractivity contribution in [3.05, 3.63) is 0 Å². The third-order valence-electron chi connectivity index (χ3n) is 1.72. The van der Waals surface area contributed by atoms with Crippen molar-refractivity contribution in [2.45, 2.75) is 26.8 Å². The van der Waals surface area contributed by atoms with E-state index in [1.807, 2.05) is 0 Å². The van der Waals surface area contributed by atoms with Crippen molar-refractivity contribution >= 4 is 6.09 Å². The van der Waals surface area contributed by atoms with Crippen molar-refractivity contribution in [3.8, 4) is 0 Å². The number of alkyl carbamates (subject to hydrolysis) is 1. The molecule has 1 fully saturated rings. The van der Waals surface area contributed by atoms with Gasteiger partial charge in [0.25, 0.3) is 0 Å². The van der Waals surface area contributed by atoms with Crippen molar-refractivity contribution in [1.82, 2.24) is 5.32 Å². The maximum atomic E-state index is 10.6. The smallest absolute Gasteiger partial charge is 0.407 e. The lowest BCUT2D eigenvalue weighted by Gasteiger charge is -2.23. The summed E-state index contributed by atoms with van der Waals surface area (Å²) in [6.07, 6.45) is -0.292. The van der Waals surface area contributed by atoms with Gasteiger partial charge >= 0.3 is 6.09 Å². The molecule has 1 saturated heterocycles. The van der Waals surface area contributed by atoms with E-state index >= 15 is 0 Å². The molecule has 58 valence electrons. The Morgan fingerprint density at radius 2 is 2.20 bits per heavy atom. The van der Waals surface area contributed by atoms with E-state index < -0.39 is 0 Å². The summed E-state index contributed by atoms with van der Waals surface area (Å²) in [6.45, 7) is 6.73. The summed E-state index contributed by atoms with van der Waals surface area (Å²) in [5, 5.41) is 2.73. The molecule has 0 aromatic heterocycles. The fourth-order valence-corrected chi connectivity index (χ4v) is 0.851. The van der Waals surface area contributed by atoms with E-state index in [0.717, 1.165) is 0 Å². The van der Waals surface area contributed by atoms with Crippen LogP contribution in [-0.2, 0) is 4.74 Å². The first-order valence-corrected chi connectivity index (χ1v) is 3.43. The van der Waals surface area contributed by atoms with Crippen molar-refractivity contribution in [1.29, 1.82) is 0 Å². The highest BCUT2D eigenvalue weighted by molar-refractivity contribution is 5.69. The number of ether oxygens (including phenoxy) is 1. The molecular formula is C7H13NO2. The fourth-order valence-electron chi connectivity index (χ4n) is 0.851. The number of hydrogen-bond donors (Lipinski definition) is 1. The van der Waals surface area contributed by atoms with Crippen LogP contribution in [0.3, 0.4) is 0 Å². The quantitative estimate of drug-likeness (QED) is 0.552. The zero-order valence-electron chi connectivity index (χ0n) is 6.60. The van der Waals surface area contributed by atoms with Gasteiger partial charge in [0.1, 0.15) is 6.61 Å². The second-order valence-corrected chi connectivity index (χ2v) is 3.66. The molecule has 3 nitrogen and oxygen atoms in total. The van der Waals surface area contributed by atoms with E-state index in [2.05, 4.69) is 26.1 Å². The van der Waals surface area contributed by atoms with E-state index in [9.17, 15) is 4.79 Å². The largest absolute Gasteiger partial charge is 0.447 e. The third kappa shape index (κ3) is 1.40. The van der Waals surface area contributed by atoms with Gasteiger partial charge in [0, 0.05) is 0 Å². The molecule has 1 atom stereocenters. The minimum absolute atomic E-state index is 0.103. The number of carbonyl (C=O) groups excluding carboxylic acids is 1. The van der Waals surface area contributed by atoms with E-state index in [-0.39, 0.29) is 17.6 Å². The van der Waals surface area contributed by atoms with Gasteiger partial charge < -0.3 is 10.1 Å². The molecule has 0 saturated carbocycles. The first-order chi connectivity index (χ1) is 4.50. The van der Waals surface area contributed by atoms with Crippen LogP contribution >= 0.6 is 0 Å². The molecule has 0 unspecified atom stereocenters. The van der Waals surface area contributed by atoms with Crippen molar-refractivity contribution in [2.75, 3.05) is 6.61 Å². The Hall–Kier alpha value is -0.730. The highest BCUT2D eigenvalue weighted by Crippen LogP contribution is 2.21. The first kappa shape index (κ1) is 7.38. The molecule has 1 aliphatic rings. The molecule has 1 amide bonds. The zero-order valence-corrected chi connectivity index (χ0v) is 6.60. The number of cyclic esters (lactones) is 1. The lowest BCUT2D eigenvalue weighted by atomic mass is 9.88. The SMILES string of the molecule is CC(C)(C)[C@H]1COC(=O)N1. The highest BCUT2D eigenvalue weighted by Gasteiger charge is 2.32. The van der Waals surface area contributed by atoms with Crippen molar-refractivity contribution in [2.24, 2.45) is 5.41 Å². The van der Waals surface area contributed by atoms with Crippen LogP contribution in [0.5, 0.6) is 0 Å². The van der Waals surface area contributed by atoms with Gasteiger partial charge in [-0.05, 0) is 5.41 Å². The zero-order chi connectivity index (χ0) is 7.78. The molecule has 0 bridgehead atoms. The summed E-state index contributed by atoms with van der Waals surface area (Å²) in [4.78, 5) is 10.6. The molecule has 0 aromatic carbocycles. The monoisotopic (exact) mass is 143 g/mol. The molecule has 0 aliphatic carbocycles. The Bertz CT molecular complexity index is 148. The second-order valence-electron chi connectivity index (χ2n) is 3.66. The van der Waals surface area contributed by atoms with Crippen LogP contribution in [0.1, 0.15) is 20.8 Å². The third-order valence-corrected chi connectivity index (χ3v) is 1.72. The van der Waals surface area contributed by atoms with Gasteiger partial charge in [-0.15, -0.1) is 0 Å². The van der Waals surface area contributed by atoms with Crippen molar-refractivity contribution < 1.29 is 9.53 Å². The molecular weight excluding hydrogens is 130 g/mol. The van der Waals surface area contributed by atoms with Gasteiger partial charge in [0.05, 0.1) is 6.04 Å². The van der Waals surface area contributed by atoms with E-state index in [4.69, 9.17) is 4.74 Å². The van der Waals surface area contributed by atoms with Gasteiger partial charge in [-0.25, -0.2) is 4.79 Å². The van der Waals surface area contributed by atoms with E-state index in [0.29, 0.717) is 6.61 Å². The summed E-state index contributed by atoms with van der Waals surface area (Å²) in [5.41, 5.74) is 0.103. The van der Waals surface area contributed by atoms with Gasteiger partial charge in [0.2, 0.25) is 0 Å². The summed E-state index contributed by atoms with van der Waals surface area (Å²) in [7, 11) is 0. The number of amides is 1. The van der Waals surface area contributed by atoms with Gasteiger partial charge in [-0.1, -0.05) is 20.8 Å². The predicted octanol–water partition coefficient (Wildman–Crippen LogP) is 1.14. The van der Waals surface area contributed by atoms with Crippen LogP contribution in [0.15, 0.2) is 0 Å². The number of rotatable bonds is 0. The Balaban J connectivity index is 2.53. The second kappa shape index (κ2) is 2.15. The lowest BCUT2D eigenvalue weighted by Crippen LogP contribution is -2.38. The van der Waals surface area contributed by atoms with Crippen molar-refractivity contribution in [3.63, 3.8) is 0 Å². The average Bonchev–Trinajstić information content (AvgIpc) is 2.11. The lowest BCUT2D eigenvalue weighted by molar-refractivity contribution is 0.172. The van der Waals surface area contributed by atoms with Gasteiger partial charge in [-0.3, -0.25) is 0 Å². The molecule has 0 radical (unpaired) electrons. The maximum absolute atomic E-state index is 10.6. The fraction of sp³-hybridized carbons (Fsp3) is 0.857. The van der Waals surface area contributed by atoms with Crippen LogP contribution in [-0.4, -0.2) is 18.7 Å². The van der Waals surface area contributed by atoms with Gasteiger partial charge in [0.15, 0.2) is 0 Å². The van der Waals surface area contributed by atoms with Crippen LogP contribution < -0.4 is 5.32 Å². The molecule has 0 aromatic rings. The maximum Gasteiger partial charge on any atom is 0.407 e. The average molecular weight is 143 g/mol. The molecule has 1 N–H and O–H groups in total. The topological polar surface area (TPSA) is 38.3 Å². The number of nitrogens with one attached hydrogen (secondary N) is 1. The highest BCUT2D eigenvalue weighted by atomic mass is 16.6. The normalized spacial score (nSPS) is 25.9. The summed E-state index contributed by atoms with van der Waals surface area (Å²) < 4.78 is 4.74.